The fraction of sp³-hybridized carbons (Fsp3) is 0.786. The van der Waals surface area contributed by atoms with Crippen LogP contribution in [-0.4, -0.2) is 51.7 Å². The molecule has 1 aromatic rings. The Hall–Kier alpha value is -1.27. The van der Waals surface area contributed by atoms with Crippen LogP contribution in [0.5, 0.6) is 0 Å². The number of hydrogen-bond acceptors (Lipinski definition) is 6. The highest BCUT2D eigenvalue weighted by molar-refractivity contribution is 5.32. The number of morpholine rings is 1. The van der Waals surface area contributed by atoms with Crippen molar-refractivity contribution in [1.29, 1.82) is 0 Å². The number of aliphatic hydroxyl groups excluding tert-OH is 1. The normalized spacial score (nSPS) is 22.1. The van der Waals surface area contributed by atoms with Gasteiger partial charge < -0.3 is 14.7 Å². The molecule has 1 aromatic heterocycles. The number of aryl methyl sites for hydroxylation is 2. The standard InChI is InChI=1S/C14H24N4O2/c1-5-11-12(6-2)16-17-13(15-11)18-7-10(8-19)20-14(3,4)9-18/h10,19H,5-9H2,1-4H3. The molecule has 2 rings (SSSR count). The van der Waals surface area contributed by atoms with Gasteiger partial charge in [0.05, 0.1) is 29.7 Å². The van der Waals surface area contributed by atoms with Gasteiger partial charge in [0.25, 0.3) is 0 Å². The summed E-state index contributed by atoms with van der Waals surface area (Å²) in [5.41, 5.74) is 1.63. The Labute approximate surface area is 120 Å². The molecule has 1 fully saturated rings. The number of anilines is 1. The Kier molecular flexibility index (Phi) is 4.55. The molecule has 1 unspecified atom stereocenters. The molecule has 1 atom stereocenters. The van der Waals surface area contributed by atoms with Crippen molar-refractivity contribution >= 4 is 5.95 Å². The van der Waals surface area contributed by atoms with Gasteiger partial charge in [-0.1, -0.05) is 13.8 Å². The number of aromatic nitrogens is 3. The van der Waals surface area contributed by atoms with Gasteiger partial charge in [-0.3, -0.25) is 0 Å². The largest absolute Gasteiger partial charge is 0.394 e. The van der Waals surface area contributed by atoms with Crippen molar-refractivity contribution in [2.75, 3.05) is 24.6 Å². The summed E-state index contributed by atoms with van der Waals surface area (Å²) in [5.74, 6) is 0.633. The molecule has 0 spiro atoms. The Bertz CT molecular complexity index is 464. The molecule has 0 radical (unpaired) electrons. The van der Waals surface area contributed by atoms with Crippen LogP contribution in [0.15, 0.2) is 0 Å². The van der Waals surface area contributed by atoms with Gasteiger partial charge in [0, 0.05) is 13.1 Å². The Morgan fingerprint density at radius 1 is 1.25 bits per heavy atom. The molecule has 0 aromatic carbocycles. The van der Waals surface area contributed by atoms with E-state index in [-0.39, 0.29) is 18.3 Å². The van der Waals surface area contributed by atoms with E-state index in [4.69, 9.17) is 4.74 Å². The first-order valence-electron chi connectivity index (χ1n) is 7.25. The maximum atomic E-state index is 9.36. The molecule has 1 aliphatic heterocycles. The van der Waals surface area contributed by atoms with Crippen LogP contribution in [0, 0.1) is 0 Å². The first-order chi connectivity index (χ1) is 9.49. The van der Waals surface area contributed by atoms with Crippen molar-refractivity contribution < 1.29 is 9.84 Å². The molecule has 1 saturated heterocycles. The summed E-state index contributed by atoms with van der Waals surface area (Å²) in [4.78, 5) is 6.69. The first kappa shape index (κ1) is 15.1. The van der Waals surface area contributed by atoms with E-state index in [1.54, 1.807) is 0 Å². The number of aliphatic hydroxyl groups is 1. The second-order valence-electron chi connectivity index (χ2n) is 5.77. The summed E-state index contributed by atoms with van der Waals surface area (Å²) in [6.07, 6.45) is 1.48. The van der Waals surface area contributed by atoms with Crippen molar-refractivity contribution in [1.82, 2.24) is 15.2 Å². The molecule has 6 heteroatoms. The summed E-state index contributed by atoms with van der Waals surface area (Å²) in [6, 6.07) is 0. The lowest BCUT2D eigenvalue weighted by molar-refractivity contribution is -0.101. The van der Waals surface area contributed by atoms with Crippen LogP contribution in [0.1, 0.15) is 39.1 Å². The van der Waals surface area contributed by atoms with Crippen LogP contribution in [0.4, 0.5) is 5.95 Å². The third-order valence-electron chi connectivity index (χ3n) is 3.47. The smallest absolute Gasteiger partial charge is 0.245 e. The molecular weight excluding hydrogens is 256 g/mol. The molecule has 0 amide bonds. The van der Waals surface area contributed by atoms with E-state index in [0.29, 0.717) is 19.0 Å². The zero-order valence-corrected chi connectivity index (χ0v) is 12.8. The van der Waals surface area contributed by atoms with Gasteiger partial charge in [0.2, 0.25) is 5.95 Å². The maximum Gasteiger partial charge on any atom is 0.245 e. The molecule has 0 saturated carbocycles. The van der Waals surface area contributed by atoms with Crippen LogP contribution >= 0.6 is 0 Å². The SMILES string of the molecule is CCc1nnc(N2CC(CO)OC(C)(C)C2)nc1CC. The molecule has 20 heavy (non-hydrogen) atoms. The predicted molar refractivity (Wildman–Crippen MR) is 76.8 cm³/mol. The molecule has 1 aliphatic rings. The van der Waals surface area contributed by atoms with Gasteiger partial charge >= 0.3 is 0 Å². The molecule has 0 aliphatic carbocycles. The van der Waals surface area contributed by atoms with Crippen LogP contribution in [0.25, 0.3) is 0 Å². The van der Waals surface area contributed by atoms with Crippen LogP contribution in [-0.2, 0) is 17.6 Å². The number of ether oxygens (including phenoxy) is 1. The van der Waals surface area contributed by atoms with E-state index in [0.717, 1.165) is 24.2 Å². The van der Waals surface area contributed by atoms with Gasteiger partial charge in [-0.2, -0.15) is 5.10 Å². The molecule has 0 bridgehead atoms. The summed E-state index contributed by atoms with van der Waals surface area (Å²) in [7, 11) is 0. The molecular formula is C14H24N4O2. The van der Waals surface area contributed by atoms with Crippen molar-refractivity contribution in [3.8, 4) is 0 Å². The molecule has 2 heterocycles. The van der Waals surface area contributed by atoms with Crippen LogP contribution < -0.4 is 4.90 Å². The topological polar surface area (TPSA) is 71.4 Å². The fourth-order valence-corrected chi connectivity index (χ4v) is 2.61. The number of rotatable bonds is 4. The summed E-state index contributed by atoms with van der Waals surface area (Å²) >= 11 is 0. The first-order valence-corrected chi connectivity index (χ1v) is 7.25. The van der Waals surface area contributed by atoms with Crippen molar-refractivity contribution in [2.24, 2.45) is 0 Å². The number of hydrogen-bond donors (Lipinski definition) is 1. The molecule has 6 nitrogen and oxygen atoms in total. The minimum absolute atomic E-state index is 0.00103. The fourth-order valence-electron chi connectivity index (χ4n) is 2.61. The Morgan fingerprint density at radius 3 is 2.55 bits per heavy atom. The maximum absolute atomic E-state index is 9.36. The minimum atomic E-state index is -0.329. The van der Waals surface area contributed by atoms with Gasteiger partial charge in [-0.15, -0.1) is 5.10 Å². The average Bonchev–Trinajstić information content (AvgIpc) is 2.44. The second kappa shape index (κ2) is 6.01. The van der Waals surface area contributed by atoms with Gasteiger partial charge in [-0.05, 0) is 26.7 Å². The highest BCUT2D eigenvalue weighted by Gasteiger charge is 2.34. The van der Waals surface area contributed by atoms with Crippen molar-refractivity contribution in [3.05, 3.63) is 11.4 Å². The van der Waals surface area contributed by atoms with E-state index in [2.05, 4.69) is 33.9 Å². The predicted octanol–water partition coefficient (Wildman–Crippen LogP) is 0.972. The highest BCUT2D eigenvalue weighted by Crippen LogP contribution is 2.24. The van der Waals surface area contributed by atoms with Crippen molar-refractivity contribution in [3.63, 3.8) is 0 Å². The van der Waals surface area contributed by atoms with Gasteiger partial charge in [0.15, 0.2) is 0 Å². The van der Waals surface area contributed by atoms with Crippen LogP contribution in [0.3, 0.4) is 0 Å². The Balaban J connectivity index is 2.26. The zero-order chi connectivity index (χ0) is 14.8. The molecule has 1 N–H and O–H groups in total. The van der Waals surface area contributed by atoms with E-state index in [1.165, 1.54) is 0 Å². The Morgan fingerprint density at radius 2 is 1.95 bits per heavy atom. The lowest BCUT2D eigenvalue weighted by atomic mass is 10.1. The second-order valence-corrected chi connectivity index (χ2v) is 5.77. The average molecular weight is 280 g/mol. The summed E-state index contributed by atoms with van der Waals surface area (Å²) in [6.45, 7) is 9.45. The third kappa shape index (κ3) is 3.24. The quantitative estimate of drug-likeness (QED) is 0.886. The van der Waals surface area contributed by atoms with E-state index >= 15 is 0 Å². The number of nitrogens with zero attached hydrogens (tertiary/aromatic N) is 4. The van der Waals surface area contributed by atoms with Crippen LogP contribution in [0.2, 0.25) is 0 Å². The highest BCUT2D eigenvalue weighted by atomic mass is 16.5. The van der Waals surface area contributed by atoms with E-state index in [1.807, 2.05) is 13.8 Å². The third-order valence-corrected chi connectivity index (χ3v) is 3.47. The zero-order valence-electron chi connectivity index (χ0n) is 12.8. The monoisotopic (exact) mass is 280 g/mol. The van der Waals surface area contributed by atoms with Crippen molar-refractivity contribution in [2.45, 2.75) is 52.2 Å². The summed E-state index contributed by atoms with van der Waals surface area (Å²) < 4.78 is 5.81. The van der Waals surface area contributed by atoms with Gasteiger partial charge in [0.1, 0.15) is 0 Å². The minimum Gasteiger partial charge on any atom is -0.394 e. The van der Waals surface area contributed by atoms with E-state index < -0.39 is 0 Å². The lowest BCUT2D eigenvalue weighted by Gasteiger charge is -2.42. The van der Waals surface area contributed by atoms with E-state index in [9.17, 15) is 5.11 Å². The summed E-state index contributed by atoms with van der Waals surface area (Å²) in [5, 5.41) is 17.9. The van der Waals surface area contributed by atoms with Gasteiger partial charge in [-0.25, -0.2) is 4.98 Å². The molecule has 112 valence electrons. The lowest BCUT2D eigenvalue weighted by Crippen LogP contribution is -2.54.